The number of nitrogens with one attached hydrogen (secondary N) is 1. The number of carbonyl (C=O) groups excluding carboxylic acids is 3. The molecule has 1 saturated heterocycles. The highest BCUT2D eigenvalue weighted by atomic mass is 16.2. The summed E-state index contributed by atoms with van der Waals surface area (Å²) in [5, 5.41) is 2.34. The summed E-state index contributed by atoms with van der Waals surface area (Å²) in [6.45, 7) is 5.74. The molecule has 2 fully saturated rings. The van der Waals surface area contributed by atoms with Crippen molar-refractivity contribution >= 4 is 17.8 Å². The summed E-state index contributed by atoms with van der Waals surface area (Å²) in [6.07, 6.45) is 4.06. The molecular formula is C14H22N2O3. The first-order chi connectivity index (χ1) is 8.93. The smallest absolute Gasteiger partial charge is 0.277 e. The molecule has 0 aromatic rings. The molecule has 3 atom stereocenters. The van der Waals surface area contributed by atoms with Crippen molar-refractivity contribution in [1.29, 1.82) is 0 Å². The van der Waals surface area contributed by atoms with Crippen molar-refractivity contribution in [2.24, 2.45) is 17.8 Å². The largest absolute Gasteiger partial charge is 0.331 e. The lowest BCUT2D eigenvalue weighted by atomic mass is 9.83. The summed E-state index contributed by atoms with van der Waals surface area (Å²) in [5.41, 5.74) is 0. The molecule has 5 nitrogen and oxygen atoms in total. The van der Waals surface area contributed by atoms with Crippen LogP contribution in [0.2, 0.25) is 0 Å². The van der Waals surface area contributed by atoms with E-state index in [-0.39, 0.29) is 17.9 Å². The van der Waals surface area contributed by atoms with E-state index < -0.39 is 17.9 Å². The number of hydrogen-bond acceptors (Lipinski definition) is 3. The maximum absolute atomic E-state index is 12.5. The molecule has 106 valence electrons. The molecule has 2 aliphatic rings. The summed E-state index contributed by atoms with van der Waals surface area (Å²) < 4.78 is 0. The molecule has 0 aromatic carbocycles. The summed E-state index contributed by atoms with van der Waals surface area (Å²) in [5.74, 6) is -1.29. The number of hydrogen-bond donors (Lipinski definition) is 1. The molecule has 1 heterocycles. The zero-order chi connectivity index (χ0) is 14.2. The quantitative estimate of drug-likeness (QED) is 0.776. The minimum Gasteiger partial charge on any atom is -0.277 e. The molecule has 1 aliphatic heterocycles. The third kappa shape index (κ3) is 2.51. The van der Waals surface area contributed by atoms with Gasteiger partial charge in [-0.05, 0) is 24.7 Å². The van der Waals surface area contributed by atoms with Crippen LogP contribution < -0.4 is 5.32 Å². The number of imide groups is 2. The van der Waals surface area contributed by atoms with Gasteiger partial charge in [0.2, 0.25) is 11.8 Å². The summed E-state index contributed by atoms with van der Waals surface area (Å²) >= 11 is 0. The first-order valence-electron chi connectivity index (χ1n) is 7.11. The summed E-state index contributed by atoms with van der Waals surface area (Å²) in [4.78, 5) is 37.6. The maximum Gasteiger partial charge on any atom is 0.331 e. The van der Waals surface area contributed by atoms with Gasteiger partial charge in [-0.3, -0.25) is 19.8 Å². The molecule has 0 radical (unpaired) electrons. The van der Waals surface area contributed by atoms with Gasteiger partial charge in [-0.15, -0.1) is 0 Å². The van der Waals surface area contributed by atoms with E-state index in [1.165, 1.54) is 4.90 Å². The molecule has 3 unspecified atom stereocenters. The van der Waals surface area contributed by atoms with E-state index in [1.807, 2.05) is 13.8 Å². The van der Waals surface area contributed by atoms with Crippen LogP contribution in [0.15, 0.2) is 0 Å². The average molecular weight is 266 g/mol. The van der Waals surface area contributed by atoms with Crippen LogP contribution in [0.3, 0.4) is 0 Å². The van der Waals surface area contributed by atoms with Gasteiger partial charge in [0.15, 0.2) is 0 Å². The van der Waals surface area contributed by atoms with Crippen LogP contribution in [0, 0.1) is 17.8 Å². The number of amides is 4. The summed E-state index contributed by atoms with van der Waals surface area (Å²) in [7, 11) is 0. The number of rotatable bonds is 2. The number of barbiturate groups is 1. The van der Waals surface area contributed by atoms with E-state index in [1.54, 1.807) is 0 Å². The predicted molar refractivity (Wildman–Crippen MR) is 70.1 cm³/mol. The SMILES string of the molecule is CC(C)C1C(=O)NC(=O)N(C2CCCCC2C)C1=O. The van der Waals surface area contributed by atoms with E-state index in [4.69, 9.17) is 0 Å². The van der Waals surface area contributed by atoms with Crippen molar-refractivity contribution in [2.45, 2.75) is 52.5 Å². The molecule has 1 N–H and O–H groups in total. The Hall–Kier alpha value is -1.39. The fourth-order valence-electron chi connectivity index (χ4n) is 3.19. The molecule has 1 saturated carbocycles. The Morgan fingerprint density at radius 3 is 2.37 bits per heavy atom. The Balaban J connectivity index is 2.25. The monoisotopic (exact) mass is 266 g/mol. The molecule has 0 spiro atoms. The maximum atomic E-state index is 12.5. The third-order valence-corrected chi connectivity index (χ3v) is 4.30. The minimum atomic E-state index is -0.730. The van der Waals surface area contributed by atoms with E-state index in [2.05, 4.69) is 12.2 Å². The van der Waals surface area contributed by atoms with Gasteiger partial charge in [0.25, 0.3) is 0 Å². The standard InChI is InChI=1S/C14H22N2O3/c1-8(2)11-12(17)15-14(19)16(13(11)18)10-7-5-4-6-9(10)3/h8-11H,4-7H2,1-3H3,(H,15,17,19). The molecule has 5 heteroatoms. The van der Waals surface area contributed by atoms with Gasteiger partial charge in [0.1, 0.15) is 5.92 Å². The summed E-state index contributed by atoms with van der Waals surface area (Å²) in [6, 6.07) is -0.596. The van der Waals surface area contributed by atoms with Gasteiger partial charge in [-0.2, -0.15) is 0 Å². The molecular weight excluding hydrogens is 244 g/mol. The van der Waals surface area contributed by atoms with Gasteiger partial charge in [0, 0.05) is 6.04 Å². The highest BCUT2D eigenvalue weighted by molar-refractivity contribution is 6.16. The molecule has 2 rings (SSSR count). The van der Waals surface area contributed by atoms with Crippen LogP contribution in [0.1, 0.15) is 46.5 Å². The Labute approximate surface area is 113 Å². The van der Waals surface area contributed by atoms with Gasteiger partial charge in [-0.25, -0.2) is 4.79 Å². The van der Waals surface area contributed by atoms with Crippen LogP contribution in [0.25, 0.3) is 0 Å². The second kappa shape index (κ2) is 5.31. The molecule has 0 aromatic heterocycles. The number of carbonyl (C=O) groups is 3. The minimum absolute atomic E-state index is 0.0596. The van der Waals surface area contributed by atoms with Gasteiger partial charge >= 0.3 is 6.03 Å². The molecule has 0 bridgehead atoms. The average Bonchev–Trinajstić information content (AvgIpc) is 2.30. The van der Waals surface area contributed by atoms with E-state index in [0.717, 1.165) is 25.7 Å². The Morgan fingerprint density at radius 2 is 1.79 bits per heavy atom. The first kappa shape index (κ1) is 14.0. The van der Waals surface area contributed by atoms with Crippen molar-refractivity contribution in [1.82, 2.24) is 10.2 Å². The topological polar surface area (TPSA) is 66.5 Å². The predicted octanol–water partition coefficient (Wildman–Crippen LogP) is 1.92. The third-order valence-electron chi connectivity index (χ3n) is 4.30. The zero-order valence-electron chi connectivity index (χ0n) is 11.8. The van der Waals surface area contributed by atoms with Gasteiger partial charge in [-0.1, -0.05) is 33.6 Å². The van der Waals surface area contributed by atoms with E-state index in [9.17, 15) is 14.4 Å². The van der Waals surface area contributed by atoms with Crippen LogP contribution in [-0.4, -0.2) is 28.8 Å². The van der Waals surface area contributed by atoms with E-state index in [0.29, 0.717) is 5.92 Å². The van der Waals surface area contributed by atoms with Crippen molar-refractivity contribution in [3.63, 3.8) is 0 Å². The van der Waals surface area contributed by atoms with Crippen LogP contribution in [-0.2, 0) is 9.59 Å². The molecule has 1 aliphatic carbocycles. The van der Waals surface area contributed by atoms with Crippen LogP contribution in [0.5, 0.6) is 0 Å². The Kier molecular flexibility index (Phi) is 3.92. The Morgan fingerprint density at radius 1 is 1.16 bits per heavy atom. The van der Waals surface area contributed by atoms with Gasteiger partial charge in [0.05, 0.1) is 0 Å². The van der Waals surface area contributed by atoms with Crippen LogP contribution >= 0.6 is 0 Å². The first-order valence-corrected chi connectivity index (χ1v) is 7.11. The highest BCUT2D eigenvalue weighted by Crippen LogP contribution is 2.31. The fourth-order valence-corrected chi connectivity index (χ4v) is 3.19. The molecule has 19 heavy (non-hydrogen) atoms. The lowest BCUT2D eigenvalue weighted by molar-refractivity contribution is -0.147. The van der Waals surface area contributed by atoms with Crippen molar-refractivity contribution in [3.05, 3.63) is 0 Å². The van der Waals surface area contributed by atoms with Crippen molar-refractivity contribution in [2.75, 3.05) is 0 Å². The molecule has 4 amide bonds. The van der Waals surface area contributed by atoms with E-state index >= 15 is 0 Å². The Bertz CT molecular complexity index is 405. The second-order valence-corrected chi connectivity index (χ2v) is 6.05. The number of nitrogens with zero attached hydrogens (tertiary/aromatic N) is 1. The number of urea groups is 1. The highest BCUT2D eigenvalue weighted by Gasteiger charge is 2.46. The van der Waals surface area contributed by atoms with Crippen molar-refractivity contribution in [3.8, 4) is 0 Å². The lowest BCUT2D eigenvalue weighted by Gasteiger charge is -2.41. The van der Waals surface area contributed by atoms with Crippen molar-refractivity contribution < 1.29 is 14.4 Å². The van der Waals surface area contributed by atoms with Gasteiger partial charge < -0.3 is 0 Å². The lowest BCUT2D eigenvalue weighted by Crippen LogP contribution is -2.63. The normalized spacial score (nSPS) is 32.7. The second-order valence-electron chi connectivity index (χ2n) is 6.05. The zero-order valence-corrected chi connectivity index (χ0v) is 11.8. The van der Waals surface area contributed by atoms with Crippen LogP contribution in [0.4, 0.5) is 4.79 Å². The fraction of sp³-hybridized carbons (Fsp3) is 0.786.